The summed E-state index contributed by atoms with van der Waals surface area (Å²) in [6, 6.07) is 0. The summed E-state index contributed by atoms with van der Waals surface area (Å²) >= 11 is 0. The molecule has 0 aliphatic heterocycles. The van der Waals surface area contributed by atoms with E-state index < -0.39 is 11.4 Å². The van der Waals surface area contributed by atoms with Gasteiger partial charge in [-0.2, -0.15) is 0 Å². The quantitative estimate of drug-likeness (QED) is 0.159. The minimum Gasteiger partial charge on any atom is -0.480 e. The molecule has 1 amide bonds. The van der Waals surface area contributed by atoms with Crippen molar-refractivity contribution in [1.82, 2.24) is 5.32 Å². The molecule has 3 fully saturated rings. The minimum absolute atomic E-state index is 0.0359. The van der Waals surface area contributed by atoms with Gasteiger partial charge >= 0.3 is 17.9 Å². The van der Waals surface area contributed by atoms with Gasteiger partial charge in [0.25, 0.3) is 0 Å². The van der Waals surface area contributed by atoms with E-state index in [9.17, 15) is 24.3 Å². The van der Waals surface area contributed by atoms with Crippen LogP contribution >= 0.6 is 0 Å². The van der Waals surface area contributed by atoms with Crippen LogP contribution in [0.1, 0.15) is 146 Å². The molecule has 8 heteroatoms. The van der Waals surface area contributed by atoms with Crippen LogP contribution < -0.4 is 5.32 Å². The Hall–Kier alpha value is -2.12. The number of carboxylic acids is 1. The number of amides is 1. The summed E-state index contributed by atoms with van der Waals surface area (Å²) in [6.45, 7) is 21.7. The lowest BCUT2D eigenvalue weighted by atomic mass is 9.59. The molecule has 0 heterocycles. The van der Waals surface area contributed by atoms with Crippen LogP contribution in [0.15, 0.2) is 0 Å². The summed E-state index contributed by atoms with van der Waals surface area (Å²) in [5, 5.41) is 12.4. The van der Waals surface area contributed by atoms with Gasteiger partial charge in [-0.3, -0.25) is 19.2 Å². The highest BCUT2D eigenvalue weighted by molar-refractivity contribution is 6.02. The second-order valence-electron chi connectivity index (χ2n) is 16.4. The van der Waals surface area contributed by atoms with Gasteiger partial charge in [0.05, 0.1) is 0 Å². The average Bonchev–Trinajstić information content (AvgIpc) is 2.97. The predicted octanol–water partition coefficient (Wildman–Crippen LogP) is 8.45. The molecule has 0 radical (unpaired) electrons. The molecule has 0 bridgehead atoms. The van der Waals surface area contributed by atoms with Gasteiger partial charge < -0.3 is 19.9 Å². The van der Waals surface area contributed by atoms with Crippen LogP contribution in [0.25, 0.3) is 0 Å². The highest BCUT2D eigenvalue weighted by atomic mass is 16.5. The monoisotopic (exact) mass is 664 g/mol. The number of carbonyl (C=O) groups is 4. The van der Waals surface area contributed by atoms with Crippen molar-refractivity contribution < 1.29 is 33.8 Å². The maximum Gasteiger partial charge on any atom is 0.319 e. The van der Waals surface area contributed by atoms with E-state index in [1.807, 2.05) is 27.7 Å². The molecule has 0 aromatic heterocycles. The third-order valence-corrected chi connectivity index (χ3v) is 11.5. The Morgan fingerprint density at radius 1 is 0.702 bits per heavy atom. The largest absolute Gasteiger partial charge is 0.480 e. The summed E-state index contributed by atoms with van der Waals surface area (Å²) in [6.07, 6.45) is 10.1. The van der Waals surface area contributed by atoms with Gasteiger partial charge in [0.2, 0.25) is 5.91 Å². The van der Waals surface area contributed by atoms with Crippen molar-refractivity contribution in [3.8, 4) is 0 Å². The molecule has 3 aliphatic rings. The molecular weight excluding hydrogens is 594 g/mol. The fraction of sp³-hybridized carbons (Fsp3) is 0.897. The Labute approximate surface area is 286 Å². The summed E-state index contributed by atoms with van der Waals surface area (Å²) in [5.74, 6) is 2.05. The minimum atomic E-state index is -1.23. The number of esters is 2. The lowest BCUT2D eigenvalue weighted by Gasteiger charge is -2.43. The molecule has 272 valence electrons. The molecule has 9 atom stereocenters. The van der Waals surface area contributed by atoms with Gasteiger partial charge in [0, 0.05) is 19.4 Å². The van der Waals surface area contributed by atoms with E-state index in [1.165, 1.54) is 12.8 Å². The topological polar surface area (TPSA) is 119 Å². The molecule has 2 N–H and O–H groups in total. The molecule has 8 nitrogen and oxygen atoms in total. The summed E-state index contributed by atoms with van der Waals surface area (Å²) in [4.78, 5) is 48.9. The first-order chi connectivity index (χ1) is 22.0. The normalized spacial score (nSPS) is 32.7. The van der Waals surface area contributed by atoms with Gasteiger partial charge in [-0.1, -0.05) is 81.6 Å². The molecule has 3 saturated carbocycles. The second kappa shape index (κ2) is 19.2. The SMILES string of the molecule is CC1CCC(C(C)C)C(OC(=O)CCCC(=O)OC2CC(C)CCC2C(C)C)C1.CCNC(=O)C1(C(=O)O)CC(C)CCC1C(C)C. The van der Waals surface area contributed by atoms with Gasteiger partial charge in [-0.15, -0.1) is 0 Å². The first-order valence-corrected chi connectivity index (χ1v) is 18.9. The van der Waals surface area contributed by atoms with E-state index >= 15 is 0 Å². The zero-order valence-electron chi connectivity index (χ0n) is 31.4. The maximum atomic E-state index is 12.4. The van der Waals surface area contributed by atoms with E-state index in [4.69, 9.17) is 9.47 Å². The number of carboxylic acid groups (broad SMARTS) is 1. The van der Waals surface area contributed by atoms with Crippen molar-refractivity contribution in [2.75, 3.05) is 6.54 Å². The van der Waals surface area contributed by atoms with Crippen molar-refractivity contribution in [3.63, 3.8) is 0 Å². The van der Waals surface area contributed by atoms with Crippen LogP contribution in [-0.4, -0.2) is 47.7 Å². The standard InChI is InChI=1S/C25H44O4.C14H25NO3/c1-16(2)20-12-10-18(5)14-22(20)28-24(26)8-7-9-25(27)29-23-15-19(6)11-13-21(23)17(3)4;1-5-15-12(16)14(13(17)18)8-10(4)6-7-11(14)9(2)3/h16-23H,7-15H2,1-6H3;9-11H,5-8H2,1-4H3,(H,15,16)(H,17,18). The van der Waals surface area contributed by atoms with Crippen LogP contribution in [0, 0.1) is 58.7 Å². The Kier molecular flexibility index (Phi) is 16.7. The van der Waals surface area contributed by atoms with Crippen LogP contribution in [0.2, 0.25) is 0 Å². The molecule has 0 aromatic carbocycles. The molecule has 47 heavy (non-hydrogen) atoms. The maximum absolute atomic E-state index is 12.4. The van der Waals surface area contributed by atoms with Gasteiger partial charge in [-0.05, 0) is 105 Å². The van der Waals surface area contributed by atoms with E-state index in [2.05, 4.69) is 46.9 Å². The predicted molar refractivity (Wildman–Crippen MR) is 186 cm³/mol. The number of carbonyl (C=O) groups excluding carboxylic acids is 3. The Balaban J connectivity index is 0.000000366. The second-order valence-corrected chi connectivity index (χ2v) is 16.4. The summed E-state index contributed by atoms with van der Waals surface area (Å²) < 4.78 is 11.7. The Morgan fingerprint density at radius 3 is 1.53 bits per heavy atom. The highest BCUT2D eigenvalue weighted by Gasteiger charge is 2.55. The van der Waals surface area contributed by atoms with Crippen molar-refractivity contribution in [1.29, 1.82) is 0 Å². The third-order valence-electron chi connectivity index (χ3n) is 11.5. The zero-order valence-corrected chi connectivity index (χ0v) is 31.4. The van der Waals surface area contributed by atoms with Gasteiger partial charge in [-0.25, -0.2) is 0 Å². The smallest absolute Gasteiger partial charge is 0.319 e. The molecule has 3 rings (SSSR count). The summed E-state index contributed by atoms with van der Waals surface area (Å²) in [7, 11) is 0. The first-order valence-electron chi connectivity index (χ1n) is 18.9. The van der Waals surface area contributed by atoms with E-state index in [0.29, 0.717) is 73.7 Å². The molecule has 9 unspecified atom stereocenters. The number of hydrogen-bond acceptors (Lipinski definition) is 6. The van der Waals surface area contributed by atoms with Crippen LogP contribution in [0.3, 0.4) is 0 Å². The lowest BCUT2D eigenvalue weighted by molar-refractivity contribution is -0.166. The molecule has 0 saturated heterocycles. The van der Waals surface area contributed by atoms with Crippen molar-refractivity contribution >= 4 is 23.8 Å². The van der Waals surface area contributed by atoms with Crippen molar-refractivity contribution in [2.24, 2.45) is 58.7 Å². The van der Waals surface area contributed by atoms with Crippen LogP contribution in [0.4, 0.5) is 0 Å². The van der Waals surface area contributed by atoms with E-state index in [1.54, 1.807) is 0 Å². The van der Waals surface area contributed by atoms with E-state index in [-0.39, 0.29) is 41.9 Å². The molecule has 0 spiro atoms. The Bertz CT molecular complexity index is 963. The third kappa shape index (κ3) is 11.8. The first kappa shape index (κ1) is 41.1. The van der Waals surface area contributed by atoms with Crippen LogP contribution in [0.5, 0.6) is 0 Å². The fourth-order valence-electron chi connectivity index (χ4n) is 8.67. The Morgan fingerprint density at radius 2 is 1.15 bits per heavy atom. The van der Waals surface area contributed by atoms with Crippen molar-refractivity contribution in [3.05, 3.63) is 0 Å². The average molecular weight is 664 g/mol. The van der Waals surface area contributed by atoms with Gasteiger partial charge in [0.1, 0.15) is 17.6 Å². The number of aliphatic carboxylic acids is 1. The van der Waals surface area contributed by atoms with Crippen molar-refractivity contribution in [2.45, 2.75) is 158 Å². The number of nitrogens with one attached hydrogen (secondary N) is 1. The molecular formula is C39H69NO7. The number of rotatable bonds is 12. The van der Waals surface area contributed by atoms with Gasteiger partial charge in [0.15, 0.2) is 0 Å². The van der Waals surface area contributed by atoms with E-state index in [0.717, 1.165) is 38.5 Å². The molecule has 0 aromatic rings. The molecule has 3 aliphatic carbocycles. The number of hydrogen-bond donors (Lipinski definition) is 2. The zero-order chi connectivity index (χ0) is 35.5. The fourth-order valence-corrected chi connectivity index (χ4v) is 8.67. The highest BCUT2D eigenvalue weighted by Crippen LogP contribution is 2.48. The summed E-state index contributed by atoms with van der Waals surface area (Å²) in [5.41, 5.74) is -1.23. The number of ether oxygens (including phenoxy) is 2. The lowest BCUT2D eigenvalue weighted by Crippen LogP contribution is -2.55. The van der Waals surface area contributed by atoms with Crippen LogP contribution in [-0.2, 0) is 28.7 Å².